The van der Waals surface area contributed by atoms with Crippen LogP contribution in [0, 0.1) is 5.92 Å². The smallest absolute Gasteiger partial charge is 0.264 e. The van der Waals surface area contributed by atoms with Crippen molar-refractivity contribution in [3.8, 4) is 0 Å². The lowest BCUT2D eigenvalue weighted by molar-refractivity contribution is -0.151. The van der Waals surface area contributed by atoms with Crippen LogP contribution in [0.1, 0.15) is 48.4 Å². The van der Waals surface area contributed by atoms with Gasteiger partial charge in [-0.05, 0) is 85.9 Å². The first-order valence-corrected chi connectivity index (χ1v) is 20.9. The van der Waals surface area contributed by atoms with Crippen LogP contribution in [0.25, 0.3) is 0 Å². The van der Waals surface area contributed by atoms with Crippen molar-refractivity contribution in [1.29, 1.82) is 0 Å². The maximum Gasteiger partial charge on any atom is 0.264 e. The molecule has 4 N–H and O–H groups in total. The van der Waals surface area contributed by atoms with Crippen LogP contribution in [-0.4, -0.2) is 72.2 Å². The number of rotatable bonds is 8. The number of aliphatic hydroxyl groups excluding tert-OH is 1. The highest BCUT2D eigenvalue weighted by Crippen LogP contribution is 2.60. The summed E-state index contributed by atoms with van der Waals surface area (Å²) in [4.78, 5) is 56.9. The van der Waals surface area contributed by atoms with Crippen molar-refractivity contribution < 1.29 is 29.0 Å². The topological polar surface area (TPSA) is 131 Å². The van der Waals surface area contributed by atoms with Gasteiger partial charge in [0.05, 0.1) is 43.4 Å². The lowest BCUT2D eigenvalue weighted by Gasteiger charge is -2.37. The fourth-order valence-corrected chi connectivity index (χ4v) is 11.5. The number of nitrogens with one attached hydrogen (secondary N) is 2. The number of hydrogen-bond acceptors (Lipinski definition) is 7. The zero-order valence-electron chi connectivity index (χ0n) is 28.7. The number of benzene rings is 3. The molecule has 0 bridgehead atoms. The number of ether oxygens (including phenoxy) is 1. The van der Waals surface area contributed by atoms with E-state index >= 15 is 0 Å². The maximum absolute atomic E-state index is 14.9. The molecule has 7 rings (SSSR count). The van der Waals surface area contributed by atoms with Gasteiger partial charge in [-0.3, -0.25) is 14.4 Å². The van der Waals surface area contributed by atoms with Gasteiger partial charge in [0.1, 0.15) is 0 Å². The second-order valence-corrected chi connectivity index (χ2v) is 19.2. The fourth-order valence-electron chi connectivity index (χ4n) is 8.81. The molecule has 264 valence electrons. The van der Waals surface area contributed by atoms with Crippen LogP contribution >= 0.6 is 11.6 Å². The number of anilines is 2. The van der Waals surface area contributed by atoms with Gasteiger partial charge in [-0.15, -0.1) is 0 Å². The first-order valence-electron chi connectivity index (χ1n) is 17.5. The molecule has 4 aliphatic heterocycles. The van der Waals surface area contributed by atoms with E-state index < -0.39 is 31.5 Å². The molecule has 3 amide bonds. The number of fused-ring (bicyclic) bond motifs is 3. The van der Waals surface area contributed by atoms with Crippen LogP contribution in [0.3, 0.4) is 0 Å². The second kappa shape index (κ2) is 13.5. The molecular formula is C38H45ClN4O6Si. The third-order valence-electron chi connectivity index (χ3n) is 11.1. The summed E-state index contributed by atoms with van der Waals surface area (Å²) in [7, 11) is -3.03. The van der Waals surface area contributed by atoms with Crippen LogP contribution < -0.4 is 15.5 Å². The summed E-state index contributed by atoms with van der Waals surface area (Å²) < 4.78 is 6.91. The maximum atomic E-state index is 14.9. The van der Waals surface area contributed by atoms with Gasteiger partial charge in [0.15, 0.2) is 13.9 Å². The van der Waals surface area contributed by atoms with Gasteiger partial charge in [0.2, 0.25) is 11.8 Å². The Bertz CT molecular complexity index is 1810. The van der Waals surface area contributed by atoms with Gasteiger partial charge in [-0.1, -0.05) is 54.9 Å². The third kappa shape index (κ3) is 6.18. The van der Waals surface area contributed by atoms with Gasteiger partial charge in [0, 0.05) is 34.3 Å². The van der Waals surface area contributed by atoms with E-state index in [2.05, 4.69) is 10.6 Å². The quantitative estimate of drug-likeness (QED) is 0.249. The number of nitrogens with zero attached hydrogens (tertiary/aromatic N) is 2. The van der Waals surface area contributed by atoms with E-state index in [9.17, 15) is 24.3 Å². The minimum Gasteiger partial charge on any atom is -0.432 e. The average molecular weight is 717 g/mol. The molecule has 2 saturated heterocycles. The second-order valence-electron chi connectivity index (χ2n) is 14.8. The summed E-state index contributed by atoms with van der Waals surface area (Å²) in [6.07, 6.45) is 1.53. The number of carbonyl (C=O) groups is 3. The Hall–Kier alpha value is -3.58. The highest BCUT2D eigenvalue weighted by atomic mass is 35.5. The van der Waals surface area contributed by atoms with Crippen molar-refractivity contribution in [1.82, 2.24) is 10.2 Å². The van der Waals surface area contributed by atoms with Crippen LogP contribution in [0.15, 0.2) is 66.7 Å². The molecule has 50 heavy (non-hydrogen) atoms. The van der Waals surface area contributed by atoms with Crippen molar-refractivity contribution in [2.75, 3.05) is 23.4 Å². The zero-order valence-corrected chi connectivity index (χ0v) is 30.5. The minimum atomic E-state index is -3.03. The van der Waals surface area contributed by atoms with E-state index in [1.807, 2.05) is 74.6 Å². The van der Waals surface area contributed by atoms with Crippen molar-refractivity contribution >= 4 is 49.0 Å². The van der Waals surface area contributed by atoms with Gasteiger partial charge in [0.25, 0.3) is 5.91 Å². The molecule has 4 aliphatic rings. The Morgan fingerprint density at radius 2 is 1.88 bits per heavy atom. The Balaban J connectivity index is 1.18. The fraction of sp³-hybridized carbons (Fsp3) is 0.447. The standard InChI is InChI=1S/C38H45ClN4O6Si/c1-23-35(50(2,3)48)33(19-34(45)42-21-26-10-5-4-9-25(26)17-29(42)22-44)49-38(23)30-18-27(39)13-14-32(30)43(37(38)47)20-24-8-6-11-28(16-24)41-36(46)31-12-7-15-40-31/h4-6,8-11,13-14,16,18,23,29,31,33,35,40,44,48H,7,12,15,17,19-22H2,1-3H3,(H,41,46)/t23-,29+,31-,33+,35-,38+/m1/s1. The predicted octanol–water partition coefficient (Wildman–Crippen LogP) is 4.71. The summed E-state index contributed by atoms with van der Waals surface area (Å²) in [5, 5.41) is 17.0. The lowest BCUT2D eigenvalue weighted by atomic mass is 9.82. The van der Waals surface area contributed by atoms with E-state index in [-0.39, 0.29) is 49.4 Å². The average Bonchev–Trinajstić information content (AvgIpc) is 3.78. The van der Waals surface area contributed by atoms with E-state index in [4.69, 9.17) is 16.3 Å². The molecule has 0 radical (unpaired) electrons. The number of hydrogen-bond donors (Lipinski definition) is 4. The molecule has 3 aromatic carbocycles. The third-order valence-corrected chi connectivity index (χ3v) is 13.9. The molecule has 10 nitrogen and oxygen atoms in total. The van der Waals surface area contributed by atoms with Crippen LogP contribution in [-0.2, 0) is 44.2 Å². The van der Waals surface area contributed by atoms with E-state index in [0.29, 0.717) is 34.9 Å². The van der Waals surface area contributed by atoms with Crippen molar-refractivity contribution in [2.24, 2.45) is 5.92 Å². The predicted molar refractivity (Wildman–Crippen MR) is 194 cm³/mol. The van der Waals surface area contributed by atoms with Gasteiger partial charge in [-0.2, -0.15) is 0 Å². The molecule has 0 aliphatic carbocycles. The van der Waals surface area contributed by atoms with Gasteiger partial charge < -0.3 is 35.1 Å². The molecule has 0 unspecified atom stereocenters. The van der Waals surface area contributed by atoms with Crippen molar-refractivity contribution in [2.45, 2.75) is 88.1 Å². The number of amides is 3. The minimum absolute atomic E-state index is 0.0345. The Morgan fingerprint density at radius 3 is 2.60 bits per heavy atom. The molecule has 6 atom stereocenters. The van der Waals surface area contributed by atoms with Crippen LogP contribution in [0.4, 0.5) is 11.4 Å². The monoisotopic (exact) mass is 716 g/mol. The summed E-state index contributed by atoms with van der Waals surface area (Å²) in [5.41, 5.74) is 3.00. The van der Waals surface area contributed by atoms with Crippen molar-refractivity contribution in [3.05, 3.63) is 94.0 Å². The molecular weight excluding hydrogens is 672 g/mol. The molecule has 0 saturated carbocycles. The van der Waals surface area contributed by atoms with E-state index in [1.54, 1.807) is 21.9 Å². The van der Waals surface area contributed by atoms with Gasteiger partial charge in [-0.25, -0.2) is 0 Å². The Kier molecular flexibility index (Phi) is 9.42. The summed E-state index contributed by atoms with van der Waals surface area (Å²) in [6.45, 7) is 6.85. The number of aliphatic hydroxyl groups is 1. The SMILES string of the molecule is C[C@@H]1[C@@H]([Si](C)(C)O)[C@H](CC(=O)N2Cc3ccccc3C[C@H]2CO)O[C@@]12C(=O)N(Cc1cccc(NC(=O)[C@H]3CCCN3)c1)c1ccc(Cl)cc12. The molecule has 12 heteroatoms. The Morgan fingerprint density at radius 1 is 1.10 bits per heavy atom. The first kappa shape index (κ1) is 34.8. The van der Waals surface area contributed by atoms with Crippen LogP contribution in [0.2, 0.25) is 23.7 Å². The van der Waals surface area contributed by atoms with E-state index in [0.717, 1.165) is 36.1 Å². The largest absolute Gasteiger partial charge is 0.432 e. The number of carbonyl (C=O) groups excluding carboxylic acids is 3. The Labute approximate surface area is 298 Å². The van der Waals surface area contributed by atoms with Gasteiger partial charge >= 0.3 is 0 Å². The normalized spacial score (nSPS) is 27.5. The highest BCUT2D eigenvalue weighted by molar-refractivity contribution is 6.71. The molecule has 4 heterocycles. The van der Waals surface area contributed by atoms with Crippen LogP contribution in [0.5, 0.6) is 0 Å². The number of halogens is 1. The van der Waals surface area contributed by atoms with E-state index in [1.165, 1.54) is 0 Å². The summed E-state index contributed by atoms with van der Waals surface area (Å²) >= 11 is 6.58. The highest BCUT2D eigenvalue weighted by Gasteiger charge is 2.66. The summed E-state index contributed by atoms with van der Waals surface area (Å²) in [6, 6.07) is 20.2. The summed E-state index contributed by atoms with van der Waals surface area (Å²) in [5.74, 6) is -1.01. The lowest BCUT2D eigenvalue weighted by Crippen LogP contribution is -2.48. The molecule has 1 spiro atoms. The molecule has 2 fully saturated rings. The zero-order chi connectivity index (χ0) is 35.4. The molecule has 3 aromatic rings. The molecule has 0 aromatic heterocycles. The van der Waals surface area contributed by atoms with Crippen molar-refractivity contribution in [3.63, 3.8) is 0 Å². The first-order chi connectivity index (χ1) is 23.9.